The molecule has 0 spiro atoms. The van der Waals surface area contributed by atoms with Crippen LogP contribution in [0, 0.1) is 0 Å². The van der Waals surface area contributed by atoms with Crippen molar-refractivity contribution in [2.45, 2.75) is 51.9 Å². The molecule has 3 nitrogen and oxygen atoms in total. The van der Waals surface area contributed by atoms with E-state index in [2.05, 4.69) is 12.2 Å². The zero-order chi connectivity index (χ0) is 17.2. The van der Waals surface area contributed by atoms with E-state index in [1.165, 1.54) is 50.3 Å². The normalized spacial score (nSPS) is 15.8. The van der Waals surface area contributed by atoms with Crippen LogP contribution in [-0.4, -0.2) is 16.8 Å². The maximum Gasteiger partial charge on any atom is 0.263 e. The molecule has 130 valence electrons. The van der Waals surface area contributed by atoms with Crippen LogP contribution in [0.4, 0.5) is 0 Å². The molecule has 1 aromatic carbocycles. The molecule has 0 aromatic heterocycles. The third kappa shape index (κ3) is 6.65. The van der Waals surface area contributed by atoms with Crippen molar-refractivity contribution in [2.24, 2.45) is 0 Å². The molecule has 0 saturated carbocycles. The van der Waals surface area contributed by atoms with E-state index in [0.29, 0.717) is 9.23 Å². The van der Waals surface area contributed by atoms with Gasteiger partial charge < -0.3 is 10.1 Å². The van der Waals surface area contributed by atoms with Gasteiger partial charge in [0.05, 0.1) is 11.5 Å². The van der Waals surface area contributed by atoms with Crippen molar-refractivity contribution in [2.75, 3.05) is 6.61 Å². The molecular weight excluding hydrogens is 338 g/mol. The van der Waals surface area contributed by atoms with Gasteiger partial charge in [-0.3, -0.25) is 4.79 Å². The van der Waals surface area contributed by atoms with E-state index in [1.54, 1.807) is 0 Å². The number of hydrogen-bond donors (Lipinski definition) is 1. The number of amides is 1. The molecule has 1 saturated heterocycles. The van der Waals surface area contributed by atoms with E-state index in [9.17, 15) is 4.79 Å². The quantitative estimate of drug-likeness (QED) is 0.347. The van der Waals surface area contributed by atoms with Crippen molar-refractivity contribution in [3.8, 4) is 5.75 Å². The minimum Gasteiger partial charge on any atom is -0.494 e. The van der Waals surface area contributed by atoms with Gasteiger partial charge in [-0.05, 0) is 30.2 Å². The number of carbonyl (C=O) groups excluding carboxylic acids is 1. The molecule has 1 fully saturated rings. The number of benzene rings is 1. The minimum absolute atomic E-state index is 0.121. The predicted octanol–water partition coefficient (Wildman–Crippen LogP) is 5.30. The first-order chi connectivity index (χ1) is 11.7. The molecule has 0 bridgehead atoms. The summed E-state index contributed by atoms with van der Waals surface area (Å²) in [6.07, 6.45) is 10.8. The Hall–Kier alpha value is -1.33. The fourth-order valence-corrected chi connectivity index (χ4v) is 3.53. The summed E-state index contributed by atoms with van der Waals surface area (Å²) in [6.45, 7) is 3.01. The number of carbonyl (C=O) groups is 1. The molecule has 1 aliphatic rings. The molecule has 1 heterocycles. The molecule has 0 radical (unpaired) electrons. The second-order valence-corrected chi connectivity index (χ2v) is 7.61. The van der Waals surface area contributed by atoms with E-state index >= 15 is 0 Å². The lowest BCUT2D eigenvalue weighted by molar-refractivity contribution is -0.115. The summed E-state index contributed by atoms with van der Waals surface area (Å²) in [5.74, 6) is 0.756. The van der Waals surface area contributed by atoms with Crippen molar-refractivity contribution >= 4 is 40.3 Å². The Kier molecular flexibility index (Phi) is 8.33. The lowest BCUT2D eigenvalue weighted by Crippen LogP contribution is -2.17. The monoisotopic (exact) mass is 363 g/mol. The van der Waals surface area contributed by atoms with Gasteiger partial charge >= 0.3 is 0 Å². The summed E-state index contributed by atoms with van der Waals surface area (Å²) in [5, 5.41) is 2.62. The number of thioether (sulfide) groups is 1. The maximum absolute atomic E-state index is 11.6. The Morgan fingerprint density at radius 3 is 2.38 bits per heavy atom. The molecule has 1 amide bonds. The topological polar surface area (TPSA) is 38.3 Å². The number of ether oxygens (including phenoxy) is 1. The van der Waals surface area contributed by atoms with Gasteiger partial charge in [-0.15, -0.1) is 0 Å². The SMILES string of the molecule is CCCCCCCCCOc1ccc(/C=C2\SC(=S)NC2=O)cc1. The molecule has 1 aliphatic heterocycles. The van der Waals surface area contributed by atoms with Crippen LogP contribution in [-0.2, 0) is 4.79 Å². The molecule has 0 unspecified atom stereocenters. The molecule has 1 aromatic rings. The van der Waals surface area contributed by atoms with Gasteiger partial charge in [-0.1, -0.05) is 81.6 Å². The highest BCUT2D eigenvalue weighted by molar-refractivity contribution is 8.26. The largest absolute Gasteiger partial charge is 0.494 e. The summed E-state index contributed by atoms with van der Waals surface area (Å²) in [7, 11) is 0. The zero-order valence-electron chi connectivity index (χ0n) is 14.2. The van der Waals surface area contributed by atoms with Crippen molar-refractivity contribution < 1.29 is 9.53 Å². The standard InChI is InChI=1S/C19H25NO2S2/c1-2-3-4-5-6-7-8-13-22-16-11-9-15(10-12-16)14-17-18(21)20-19(23)24-17/h9-12,14H,2-8,13H2,1H3,(H,20,21,23)/b17-14-. The second kappa shape index (κ2) is 10.5. The maximum atomic E-state index is 11.6. The molecule has 24 heavy (non-hydrogen) atoms. The van der Waals surface area contributed by atoms with Crippen LogP contribution in [0.2, 0.25) is 0 Å². The lowest BCUT2D eigenvalue weighted by Gasteiger charge is -2.06. The number of nitrogens with one attached hydrogen (secondary N) is 1. The number of thiocarbonyl (C=S) groups is 1. The molecule has 2 rings (SSSR count). The number of hydrogen-bond acceptors (Lipinski definition) is 4. The lowest BCUT2D eigenvalue weighted by atomic mass is 10.1. The third-order valence-electron chi connectivity index (χ3n) is 3.84. The van der Waals surface area contributed by atoms with E-state index in [0.717, 1.165) is 24.3 Å². The fraction of sp³-hybridized carbons (Fsp3) is 0.474. The van der Waals surface area contributed by atoms with Crippen LogP contribution in [0.3, 0.4) is 0 Å². The Balaban J connectivity index is 1.68. The Bertz CT molecular complexity index is 582. The fourth-order valence-electron chi connectivity index (χ4n) is 2.48. The van der Waals surface area contributed by atoms with Crippen molar-refractivity contribution in [3.63, 3.8) is 0 Å². The van der Waals surface area contributed by atoms with Crippen LogP contribution in [0.5, 0.6) is 5.75 Å². The van der Waals surface area contributed by atoms with Crippen LogP contribution in [0.1, 0.15) is 57.4 Å². The highest BCUT2D eigenvalue weighted by atomic mass is 32.2. The molecule has 1 N–H and O–H groups in total. The first-order valence-electron chi connectivity index (χ1n) is 8.67. The van der Waals surface area contributed by atoms with Crippen LogP contribution >= 0.6 is 24.0 Å². The van der Waals surface area contributed by atoms with E-state index in [1.807, 2.05) is 30.3 Å². The summed E-state index contributed by atoms with van der Waals surface area (Å²) in [6, 6.07) is 7.82. The zero-order valence-corrected chi connectivity index (χ0v) is 15.8. The average Bonchev–Trinajstić information content (AvgIpc) is 2.89. The Labute approximate surface area is 154 Å². The van der Waals surface area contributed by atoms with Crippen molar-refractivity contribution in [1.82, 2.24) is 5.32 Å². The van der Waals surface area contributed by atoms with Gasteiger partial charge in [0.15, 0.2) is 0 Å². The molecule has 0 atom stereocenters. The predicted molar refractivity (Wildman–Crippen MR) is 106 cm³/mol. The first-order valence-corrected chi connectivity index (χ1v) is 9.89. The smallest absolute Gasteiger partial charge is 0.263 e. The number of unbranched alkanes of at least 4 members (excludes halogenated alkanes) is 6. The first kappa shape index (κ1) is 19.0. The summed E-state index contributed by atoms with van der Waals surface area (Å²) in [4.78, 5) is 12.3. The van der Waals surface area contributed by atoms with Crippen LogP contribution < -0.4 is 10.1 Å². The van der Waals surface area contributed by atoms with E-state index < -0.39 is 0 Å². The highest BCUT2D eigenvalue weighted by Gasteiger charge is 2.21. The van der Waals surface area contributed by atoms with Crippen LogP contribution in [0.25, 0.3) is 6.08 Å². The Morgan fingerprint density at radius 1 is 1.08 bits per heavy atom. The van der Waals surface area contributed by atoms with Gasteiger partial charge in [-0.2, -0.15) is 0 Å². The van der Waals surface area contributed by atoms with Crippen molar-refractivity contribution in [1.29, 1.82) is 0 Å². The summed E-state index contributed by atoms with van der Waals surface area (Å²) < 4.78 is 6.29. The molecule has 0 aliphatic carbocycles. The van der Waals surface area contributed by atoms with E-state index in [4.69, 9.17) is 17.0 Å². The third-order valence-corrected chi connectivity index (χ3v) is 5.00. The van der Waals surface area contributed by atoms with Crippen LogP contribution in [0.15, 0.2) is 29.2 Å². The summed E-state index contributed by atoms with van der Waals surface area (Å²) in [5.41, 5.74) is 0.973. The van der Waals surface area contributed by atoms with E-state index in [-0.39, 0.29) is 5.91 Å². The minimum atomic E-state index is -0.121. The highest BCUT2D eigenvalue weighted by Crippen LogP contribution is 2.26. The average molecular weight is 364 g/mol. The van der Waals surface area contributed by atoms with Gasteiger partial charge in [0.1, 0.15) is 10.1 Å². The van der Waals surface area contributed by atoms with Gasteiger partial charge in [0, 0.05) is 0 Å². The van der Waals surface area contributed by atoms with Crippen molar-refractivity contribution in [3.05, 3.63) is 34.7 Å². The molecular formula is C19H25NO2S2. The second-order valence-electron chi connectivity index (χ2n) is 5.89. The summed E-state index contributed by atoms with van der Waals surface area (Å²) >= 11 is 6.28. The van der Waals surface area contributed by atoms with Gasteiger partial charge in [-0.25, -0.2) is 0 Å². The van der Waals surface area contributed by atoms with Gasteiger partial charge in [0.2, 0.25) is 0 Å². The Morgan fingerprint density at radius 2 is 1.75 bits per heavy atom. The van der Waals surface area contributed by atoms with Gasteiger partial charge in [0.25, 0.3) is 5.91 Å². The molecule has 5 heteroatoms. The number of rotatable bonds is 10.